The van der Waals surface area contributed by atoms with Gasteiger partial charge in [-0.15, -0.1) is 0 Å². The van der Waals surface area contributed by atoms with Crippen molar-refractivity contribution < 1.29 is 4.79 Å². The average molecular weight is 292 g/mol. The molecule has 118 valence electrons. The van der Waals surface area contributed by atoms with Crippen molar-refractivity contribution in [3.63, 3.8) is 0 Å². The lowest BCUT2D eigenvalue weighted by molar-refractivity contribution is 0.0938. The number of amides is 1. The van der Waals surface area contributed by atoms with E-state index in [0.717, 1.165) is 18.9 Å². The lowest BCUT2D eigenvalue weighted by atomic mass is 9.94. The molecule has 0 aliphatic carbocycles. The standard InChI is InChI=1S/C16H28N4O/c1-12(2)20-11-14(17)10-15(20)16(21)18-7-4-13-5-8-19(3)9-6-13/h10-13H,4-9,17H2,1-3H3,(H,18,21). The number of hydrogen-bond acceptors (Lipinski definition) is 3. The van der Waals surface area contributed by atoms with Crippen molar-refractivity contribution in [2.45, 2.75) is 39.2 Å². The first-order valence-corrected chi connectivity index (χ1v) is 7.91. The number of nitrogens with two attached hydrogens (primary N) is 1. The summed E-state index contributed by atoms with van der Waals surface area (Å²) >= 11 is 0. The van der Waals surface area contributed by atoms with Crippen LogP contribution in [-0.4, -0.2) is 42.1 Å². The van der Waals surface area contributed by atoms with Crippen LogP contribution in [0.25, 0.3) is 0 Å². The molecule has 3 N–H and O–H groups in total. The smallest absolute Gasteiger partial charge is 0.267 e. The monoisotopic (exact) mass is 292 g/mol. The molecule has 1 amide bonds. The highest BCUT2D eigenvalue weighted by Crippen LogP contribution is 2.19. The van der Waals surface area contributed by atoms with Gasteiger partial charge in [-0.3, -0.25) is 4.79 Å². The van der Waals surface area contributed by atoms with Gasteiger partial charge in [-0.2, -0.15) is 0 Å². The Hall–Kier alpha value is -1.49. The molecule has 2 heterocycles. The van der Waals surface area contributed by atoms with Crippen LogP contribution in [0.1, 0.15) is 49.6 Å². The van der Waals surface area contributed by atoms with E-state index in [1.807, 2.05) is 10.8 Å². The summed E-state index contributed by atoms with van der Waals surface area (Å²) in [6, 6.07) is 1.99. The summed E-state index contributed by atoms with van der Waals surface area (Å²) < 4.78 is 1.93. The van der Waals surface area contributed by atoms with E-state index in [1.165, 1.54) is 25.9 Å². The summed E-state index contributed by atoms with van der Waals surface area (Å²) in [6.07, 6.45) is 5.37. The minimum atomic E-state index is -0.0201. The lowest BCUT2D eigenvalue weighted by Gasteiger charge is -2.28. The number of nitrogens with zero attached hydrogens (tertiary/aromatic N) is 2. The zero-order valence-corrected chi connectivity index (χ0v) is 13.4. The predicted octanol–water partition coefficient (Wildman–Crippen LogP) is 2.11. The average Bonchev–Trinajstić information content (AvgIpc) is 2.83. The number of nitrogens with one attached hydrogen (secondary N) is 1. The second-order valence-corrected chi connectivity index (χ2v) is 6.45. The van der Waals surface area contributed by atoms with Crippen LogP contribution in [0.15, 0.2) is 12.3 Å². The molecule has 5 heteroatoms. The molecule has 1 aliphatic heterocycles. The summed E-state index contributed by atoms with van der Waals surface area (Å²) in [5, 5.41) is 3.04. The van der Waals surface area contributed by atoms with Gasteiger partial charge in [-0.25, -0.2) is 0 Å². The highest BCUT2D eigenvalue weighted by molar-refractivity contribution is 5.93. The van der Waals surface area contributed by atoms with Gasteiger partial charge >= 0.3 is 0 Å². The maximum absolute atomic E-state index is 12.3. The van der Waals surface area contributed by atoms with Crippen LogP contribution in [0.5, 0.6) is 0 Å². The van der Waals surface area contributed by atoms with E-state index >= 15 is 0 Å². The molecule has 0 radical (unpaired) electrons. The van der Waals surface area contributed by atoms with E-state index in [1.54, 1.807) is 6.07 Å². The summed E-state index contributed by atoms with van der Waals surface area (Å²) in [4.78, 5) is 14.6. The Labute approximate surface area is 127 Å². The summed E-state index contributed by atoms with van der Waals surface area (Å²) in [7, 11) is 2.17. The maximum atomic E-state index is 12.3. The molecule has 0 spiro atoms. The van der Waals surface area contributed by atoms with Gasteiger partial charge in [-0.1, -0.05) is 0 Å². The third-order valence-corrected chi connectivity index (χ3v) is 4.33. The van der Waals surface area contributed by atoms with E-state index in [4.69, 9.17) is 5.73 Å². The fraction of sp³-hybridized carbons (Fsp3) is 0.688. The van der Waals surface area contributed by atoms with Crippen molar-refractivity contribution in [1.82, 2.24) is 14.8 Å². The predicted molar refractivity (Wildman–Crippen MR) is 86.4 cm³/mol. The van der Waals surface area contributed by atoms with Crippen molar-refractivity contribution in [2.24, 2.45) is 5.92 Å². The van der Waals surface area contributed by atoms with Crippen molar-refractivity contribution in [2.75, 3.05) is 32.4 Å². The van der Waals surface area contributed by atoms with Crippen molar-refractivity contribution >= 4 is 11.6 Å². The molecule has 1 aromatic heterocycles. The van der Waals surface area contributed by atoms with Crippen molar-refractivity contribution in [3.05, 3.63) is 18.0 Å². The Morgan fingerprint density at radius 2 is 2.10 bits per heavy atom. The van der Waals surface area contributed by atoms with Crippen LogP contribution < -0.4 is 11.1 Å². The Kier molecular flexibility index (Phi) is 5.28. The van der Waals surface area contributed by atoms with E-state index in [-0.39, 0.29) is 11.9 Å². The maximum Gasteiger partial charge on any atom is 0.267 e. The van der Waals surface area contributed by atoms with Gasteiger partial charge in [0.15, 0.2) is 0 Å². The highest BCUT2D eigenvalue weighted by atomic mass is 16.1. The fourth-order valence-corrected chi connectivity index (χ4v) is 2.94. The SMILES string of the molecule is CC(C)n1cc(N)cc1C(=O)NCCC1CCN(C)CC1. The summed E-state index contributed by atoms with van der Waals surface area (Å²) in [5.74, 6) is 0.719. The molecule has 0 aromatic carbocycles. The Bertz CT molecular complexity index is 473. The van der Waals surface area contributed by atoms with Crippen molar-refractivity contribution in [3.8, 4) is 0 Å². The first kappa shape index (κ1) is 15.9. The molecule has 2 rings (SSSR count). The van der Waals surface area contributed by atoms with Crippen LogP contribution in [-0.2, 0) is 0 Å². The van der Waals surface area contributed by atoms with E-state index in [2.05, 4.69) is 31.1 Å². The Morgan fingerprint density at radius 1 is 1.43 bits per heavy atom. The second kappa shape index (κ2) is 6.98. The molecule has 21 heavy (non-hydrogen) atoms. The Morgan fingerprint density at radius 3 is 2.71 bits per heavy atom. The molecule has 1 aliphatic rings. The van der Waals surface area contributed by atoms with E-state index in [9.17, 15) is 4.79 Å². The quantitative estimate of drug-likeness (QED) is 0.873. The van der Waals surface area contributed by atoms with Crippen LogP contribution in [0.2, 0.25) is 0 Å². The number of hydrogen-bond donors (Lipinski definition) is 2. The third-order valence-electron chi connectivity index (χ3n) is 4.33. The molecular formula is C16H28N4O. The molecule has 0 atom stereocenters. The molecule has 1 fully saturated rings. The van der Waals surface area contributed by atoms with Gasteiger partial charge in [0.1, 0.15) is 5.69 Å². The summed E-state index contributed by atoms with van der Waals surface area (Å²) in [5.41, 5.74) is 7.11. The topological polar surface area (TPSA) is 63.3 Å². The first-order valence-electron chi connectivity index (χ1n) is 7.91. The van der Waals surface area contributed by atoms with Gasteiger partial charge < -0.3 is 20.5 Å². The zero-order chi connectivity index (χ0) is 15.4. The molecule has 1 saturated heterocycles. The lowest BCUT2D eigenvalue weighted by Crippen LogP contribution is -2.33. The van der Waals surface area contributed by atoms with E-state index in [0.29, 0.717) is 11.4 Å². The normalized spacial score (nSPS) is 17.3. The number of carbonyl (C=O) groups is 1. The fourth-order valence-electron chi connectivity index (χ4n) is 2.94. The molecule has 0 saturated carbocycles. The molecule has 5 nitrogen and oxygen atoms in total. The minimum Gasteiger partial charge on any atom is -0.397 e. The number of carbonyl (C=O) groups excluding carboxylic acids is 1. The number of rotatable bonds is 5. The van der Waals surface area contributed by atoms with Crippen molar-refractivity contribution in [1.29, 1.82) is 0 Å². The minimum absolute atomic E-state index is 0.0201. The van der Waals surface area contributed by atoms with E-state index < -0.39 is 0 Å². The molecule has 0 unspecified atom stereocenters. The van der Waals surface area contributed by atoms with Crippen LogP contribution in [0.3, 0.4) is 0 Å². The summed E-state index contributed by atoms with van der Waals surface area (Å²) in [6.45, 7) is 7.19. The third kappa shape index (κ3) is 4.24. The first-order chi connectivity index (χ1) is 9.97. The molecular weight excluding hydrogens is 264 g/mol. The largest absolute Gasteiger partial charge is 0.397 e. The van der Waals surface area contributed by atoms with Gasteiger partial charge in [0, 0.05) is 18.8 Å². The highest BCUT2D eigenvalue weighted by Gasteiger charge is 2.18. The number of piperidine rings is 1. The molecule has 0 bridgehead atoms. The van der Waals surface area contributed by atoms with Gasteiger partial charge in [0.05, 0.1) is 5.69 Å². The van der Waals surface area contributed by atoms with Gasteiger partial charge in [0.2, 0.25) is 0 Å². The van der Waals surface area contributed by atoms with Crippen LogP contribution in [0, 0.1) is 5.92 Å². The van der Waals surface area contributed by atoms with Crippen LogP contribution in [0.4, 0.5) is 5.69 Å². The number of aromatic nitrogens is 1. The number of nitrogen functional groups attached to an aromatic ring is 1. The zero-order valence-electron chi connectivity index (χ0n) is 13.4. The Balaban J connectivity index is 1.82. The molecule has 1 aromatic rings. The second-order valence-electron chi connectivity index (χ2n) is 6.45. The number of likely N-dealkylation sites (tertiary alicyclic amines) is 1. The van der Waals surface area contributed by atoms with Gasteiger partial charge in [0.25, 0.3) is 5.91 Å². The van der Waals surface area contributed by atoms with Crippen LogP contribution >= 0.6 is 0 Å². The van der Waals surface area contributed by atoms with Gasteiger partial charge in [-0.05, 0) is 65.2 Å². The number of anilines is 1.